The number of rotatable bonds is 23. The van der Waals surface area contributed by atoms with Crippen LogP contribution in [0.2, 0.25) is 0 Å². The predicted molar refractivity (Wildman–Crippen MR) is 419 cm³/mol. The number of thiazole rings is 3. The SMILES string of the molecule is CCc1nc2ccc(N3CCN(CCC(N)=O)CC3)nn2c1N(C)c1nc(-c2ccc(F)cc2)cs1.CCc1nc2ccc(N3CCN(CCC(N)=O)CC3)nn2c1N(C)c1nc(-c2ccc(F)cc2)cs1.[C-]#[N+]CCN1CCN(c2ccc3nc(CC)c(N(C)c4nc(-c5ccc(F)cc5)cs4)n3n2)CC1. The summed E-state index contributed by atoms with van der Waals surface area (Å²) < 4.78 is 45.7. The molecular weight excluding hydrogens is 1420 g/mol. The van der Waals surface area contributed by atoms with Crippen molar-refractivity contribution in [3.63, 3.8) is 0 Å². The summed E-state index contributed by atoms with van der Waals surface area (Å²) in [5, 5.41) is 23.3. The monoisotopic (exact) mass is 1510 g/mol. The molecule has 0 saturated carbocycles. The van der Waals surface area contributed by atoms with Crippen molar-refractivity contribution in [2.24, 2.45) is 11.5 Å². The van der Waals surface area contributed by atoms with Crippen molar-refractivity contribution in [3.05, 3.63) is 171 Å². The number of imidazole rings is 3. The molecule has 3 aromatic carbocycles. The summed E-state index contributed by atoms with van der Waals surface area (Å²) in [7, 11) is 5.93. The second-order valence-electron chi connectivity index (χ2n) is 26.1. The van der Waals surface area contributed by atoms with Gasteiger partial charge in [0.05, 0.1) is 40.7 Å². The van der Waals surface area contributed by atoms with Gasteiger partial charge in [-0.1, -0.05) is 20.8 Å². The van der Waals surface area contributed by atoms with E-state index in [1.165, 1.54) is 70.4 Å². The number of nitrogens with two attached hydrogens (primary N) is 2. The fourth-order valence-electron chi connectivity index (χ4n) is 13.2. The number of benzene rings is 3. The molecule has 3 saturated heterocycles. The number of aromatic nitrogens is 12. The molecular formula is C75H85F3N24O2S3. The molecule has 3 aliphatic heterocycles. The van der Waals surface area contributed by atoms with Crippen molar-refractivity contribution in [2.75, 3.05) is 155 Å². The summed E-state index contributed by atoms with van der Waals surface area (Å²) in [6.07, 6.45) is 3.05. The van der Waals surface area contributed by atoms with E-state index < -0.39 is 0 Å². The molecule has 556 valence electrons. The number of piperazine rings is 3. The standard InChI is InChI=1S/2C25H29FN8OS.C25H27FN8S/c2*1-3-19-24(31(2)25-29-20(16-36-25)17-4-6-18(26)7-5-17)34-22(28-19)8-9-23(30-34)33-14-12-32(13-15-33)11-10-21(27)35;1-4-20-24(31(3)25-29-21(17-35-25)18-5-7-19(26)8-6-18)34-22(28-20)9-10-23(30-34)33-15-13-32(14-16-33)12-11-27-2/h2*4-9,16H,3,10-15H2,1-2H3,(H2,27,35);5-10,17H,4,11-16H2,1,3H3. The Morgan fingerprint density at radius 2 is 0.701 bits per heavy atom. The van der Waals surface area contributed by atoms with Crippen LogP contribution in [0.15, 0.2) is 125 Å². The van der Waals surface area contributed by atoms with Gasteiger partial charge in [0.25, 0.3) is 0 Å². The van der Waals surface area contributed by atoms with E-state index in [9.17, 15) is 22.8 Å². The Labute approximate surface area is 630 Å². The van der Waals surface area contributed by atoms with Crippen LogP contribution in [-0.4, -0.2) is 211 Å². The number of amides is 2. The minimum atomic E-state index is -0.266. The van der Waals surface area contributed by atoms with Gasteiger partial charge in [-0.3, -0.25) is 24.3 Å². The van der Waals surface area contributed by atoms with Crippen molar-refractivity contribution in [2.45, 2.75) is 52.9 Å². The maximum atomic E-state index is 13.3. The predicted octanol–water partition coefficient (Wildman–Crippen LogP) is 11.0. The first-order valence-electron chi connectivity index (χ1n) is 35.8. The second-order valence-corrected chi connectivity index (χ2v) is 28.6. The number of primary amides is 2. The van der Waals surface area contributed by atoms with Crippen LogP contribution in [0, 0.1) is 24.0 Å². The highest BCUT2D eigenvalue weighted by atomic mass is 32.1. The summed E-state index contributed by atoms with van der Waals surface area (Å²) >= 11 is 4.59. The fourth-order valence-corrected chi connectivity index (χ4v) is 15.6. The molecule has 9 aromatic heterocycles. The molecule has 3 aliphatic rings. The van der Waals surface area contributed by atoms with E-state index >= 15 is 0 Å². The molecule has 0 atom stereocenters. The Kier molecular flexibility index (Phi) is 23.6. The van der Waals surface area contributed by atoms with Crippen LogP contribution in [0.25, 0.3) is 55.6 Å². The minimum absolute atomic E-state index is 0.258. The van der Waals surface area contributed by atoms with E-state index in [4.69, 9.17) is 63.2 Å². The summed E-state index contributed by atoms with van der Waals surface area (Å²) in [6, 6.07) is 31.2. The molecule has 0 radical (unpaired) electrons. The molecule has 12 aromatic rings. The van der Waals surface area contributed by atoms with Crippen molar-refractivity contribution in [3.8, 4) is 33.8 Å². The number of hydrogen-bond acceptors (Lipinski definition) is 23. The molecule has 32 heteroatoms. The van der Waals surface area contributed by atoms with Crippen LogP contribution < -0.4 is 40.9 Å². The third kappa shape index (κ3) is 17.3. The molecule has 3 fully saturated rings. The smallest absolute Gasteiger partial charge is 0.227 e. The Bertz CT molecular complexity index is 4860. The fraction of sp³-hybridized carbons (Fsp3) is 0.360. The van der Waals surface area contributed by atoms with Gasteiger partial charge in [0.15, 0.2) is 49.8 Å². The zero-order chi connectivity index (χ0) is 74.8. The van der Waals surface area contributed by atoms with Crippen LogP contribution in [0.3, 0.4) is 0 Å². The first kappa shape index (κ1) is 74.6. The van der Waals surface area contributed by atoms with Crippen molar-refractivity contribution in [1.82, 2.24) is 73.4 Å². The molecule has 0 aliphatic carbocycles. The number of anilines is 9. The third-order valence-electron chi connectivity index (χ3n) is 19.2. The first-order valence-corrected chi connectivity index (χ1v) is 38.4. The van der Waals surface area contributed by atoms with E-state index in [1.54, 1.807) is 36.4 Å². The highest BCUT2D eigenvalue weighted by Crippen LogP contribution is 2.38. The van der Waals surface area contributed by atoms with E-state index in [0.29, 0.717) is 32.5 Å². The molecule has 0 bridgehead atoms. The average molecular weight is 1510 g/mol. The lowest BCUT2D eigenvalue weighted by Gasteiger charge is -2.35. The van der Waals surface area contributed by atoms with E-state index in [1.807, 2.05) is 102 Å². The summed E-state index contributed by atoms with van der Waals surface area (Å²) in [5.74, 6) is 4.04. The Hall–Kier alpha value is -10.7. The van der Waals surface area contributed by atoms with Crippen LogP contribution in [0.5, 0.6) is 0 Å². The lowest BCUT2D eigenvalue weighted by atomic mass is 10.2. The number of nitrogens with zero attached hydrogens (tertiary/aromatic N) is 22. The number of aryl methyl sites for hydroxylation is 3. The summed E-state index contributed by atoms with van der Waals surface area (Å²) in [4.78, 5) is 74.3. The molecule has 0 unspecified atom stereocenters. The minimum Gasteiger partial charge on any atom is -0.370 e. The topological polar surface area (TPSA) is 249 Å². The van der Waals surface area contributed by atoms with Gasteiger partial charge in [-0.25, -0.2) is 49.6 Å². The Morgan fingerprint density at radius 1 is 0.421 bits per heavy atom. The van der Waals surface area contributed by atoms with Crippen LogP contribution in [-0.2, 0) is 28.9 Å². The molecule has 2 amide bonds. The Balaban J connectivity index is 0.000000142. The maximum Gasteiger partial charge on any atom is 0.227 e. The van der Waals surface area contributed by atoms with Gasteiger partial charge in [-0.2, -0.15) is 13.5 Å². The normalized spacial score (nSPS) is 14.4. The first-order chi connectivity index (χ1) is 51.9. The van der Waals surface area contributed by atoms with Gasteiger partial charge in [-0.15, -0.1) is 49.3 Å². The van der Waals surface area contributed by atoms with Crippen LogP contribution >= 0.6 is 34.0 Å². The molecule has 12 heterocycles. The number of carbonyl (C=O) groups excluding carboxylic acids is 2. The van der Waals surface area contributed by atoms with Crippen molar-refractivity contribution in [1.29, 1.82) is 0 Å². The Morgan fingerprint density at radius 3 is 0.963 bits per heavy atom. The zero-order valence-electron chi connectivity index (χ0n) is 60.6. The van der Waals surface area contributed by atoms with E-state index in [-0.39, 0.29) is 29.3 Å². The van der Waals surface area contributed by atoms with Gasteiger partial charge in [0, 0.05) is 158 Å². The van der Waals surface area contributed by atoms with Crippen LogP contribution in [0.1, 0.15) is 50.7 Å². The molecule has 26 nitrogen and oxygen atoms in total. The highest BCUT2D eigenvalue weighted by Gasteiger charge is 2.28. The lowest BCUT2D eigenvalue weighted by molar-refractivity contribution is -0.119. The van der Waals surface area contributed by atoms with E-state index in [0.717, 1.165) is 222 Å². The van der Waals surface area contributed by atoms with E-state index in [2.05, 4.69) is 55.0 Å². The van der Waals surface area contributed by atoms with Crippen LogP contribution in [0.4, 0.5) is 63.5 Å². The summed E-state index contributed by atoms with van der Waals surface area (Å²) in [5.41, 5.74) is 20.8. The number of fused-ring (bicyclic) bond motifs is 3. The van der Waals surface area contributed by atoms with Gasteiger partial charge in [0.1, 0.15) is 34.9 Å². The molecule has 15 rings (SSSR count). The van der Waals surface area contributed by atoms with Gasteiger partial charge in [-0.05, 0) is 128 Å². The maximum absolute atomic E-state index is 13.3. The van der Waals surface area contributed by atoms with Gasteiger partial charge >= 0.3 is 0 Å². The number of hydrogen-bond donors (Lipinski definition) is 2. The quantitative estimate of drug-likeness (QED) is 0.0565. The number of carbonyl (C=O) groups is 2. The third-order valence-corrected chi connectivity index (χ3v) is 22.0. The molecule has 0 spiro atoms. The largest absolute Gasteiger partial charge is 0.370 e. The second kappa shape index (κ2) is 33.8. The lowest BCUT2D eigenvalue weighted by Crippen LogP contribution is -2.47. The van der Waals surface area contributed by atoms with Gasteiger partial charge in [0.2, 0.25) is 18.4 Å². The van der Waals surface area contributed by atoms with Gasteiger partial charge < -0.3 is 45.7 Å². The molecule has 107 heavy (non-hydrogen) atoms. The highest BCUT2D eigenvalue weighted by molar-refractivity contribution is 7.14. The average Bonchev–Trinajstić information content (AvgIpc) is 1.64. The van der Waals surface area contributed by atoms with Crippen molar-refractivity contribution < 1.29 is 22.8 Å². The number of halogens is 3. The molecule has 4 N–H and O–H groups in total. The summed E-state index contributed by atoms with van der Waals surface area (Å²) in [6.45, 7) is 26.4. The van der Waals surface area contributed by atoms with Crippen molar-refractivity contribution >= 4 is 113 Å². The zero-order valence-corrected chi connectivity index (χ0v) is 63.1.